The molecule has 0 aliphatic carbocycles. The quantitative estimate of drug-likeness (QED) is 0.697. The zero-order valence-electron chi connectivity index (χ0n) is 12.1. The number of hydrogen-bond donors (Lipinski definition) is 0. The largest absolute Gasteiger partial charge is 0.320 e. The first-order chi connectivity index (χ1) is 8.70. The number of likely N-dealkylation sites (tertiary alicyclic amines) is 1. The van der Waals surface area contributed by atoms with Crippen LogP contribution >= 0.6 is 0 Å². The van der Waals surface area contributed by atoms with Gasteiger partial charge in [0, 0.05) is 11.5 Å². The third kappa shape index (κ3) is 3.84. The van der Waals surface area contributed by atoms with Crippen LogP contribution < -0.4 is 0 Å². The molecule has 1 aromatic rings. The Hall–Kier alpha value is -0.820. The Morgan fingerprint density at radius 3 is 2.11 bits per heavy atom. The molecule has 2 rings (SSSR count). The maximum atomic E-state index is 2.37. The van der Waals surface area contributed by atoms with Crippen LogP contribution in [0.2, 0.25) is 0 Å². The first-order valence-corrected chi connectivity index (χ1v) is 7.59. The summed E-state index contributed by atoms with van der Waals surface area (Å²) in [5, 5.41) is 0. The lowest BCUT2D eigenvalue weighted by atomic mass is 10.1. The summed E-state index contributed by atoms with van der Waals surface area (Å²) in [6, 6.07) is 11.1. The molecule has 0 amide bonds. The lowest BCUT2D eigenvalue weighted by Crippen LogP contribution is -2.50. The third-order valence-corrected chi connectivity index (χ3v) is 4.13. The Morgan fingerprint density at radius 2 is 1.56 bits per heavy atom. The van der Waals surface area contributed by atoms with E-state index in [1.54, 1.807) is 0 Å². The van der Waals surface area contributed by atoms with Crippen molar-refractivity contribution in [1.29, 1.82) is 0 Å². The first kappa shape index (κ1) is 13.6. The third-order valence-electron chi connectivity index (χ3n) is 4.13. The maximum Gasteiger partial charge on any atom is 0.104 e. The fraction of sp³-hybridized carbons (Fsp3) is 0.647. The van der Waals surface area contributed by atoms with Gasteiger partial charge in [-0.05, 0) is 25.7 Å². The summed E-state index contributed by atoms with van der Waals surface area (Å²) in [4.78, 5) is 0. The van der Waals surface area contributed by atoms with Crippen LogP contribution in [-0.4, -0.2) is 24.1 Å². The molecule has 18 heavy (non-hydrogen) atoms. The van der Waals surface area contributed by atoms with Crippen LogP contribution in [0.1, 0.15) is 45.1 Å². The molecule has 1 aliphatic rings. The highest BCUT2D eigenvalue weighted by molar-refractivity contribution is 5.13. The van der Waals surface area contributed by atoms with Crippen molar-refractivity contribution in [3.63, 3.8) is 0 Å². The molecule has 0 bridgehead atoms. The molecular weight excluding hydrogens is 218 g/mol. The molecular formula is C17H28N+. The second kappa shape index (κ2) is 6.38. The fourth-order valence-electron chi connectivity index (χ4n) is 3.51. The summed E-state index contributed by atoms with van der Waals surface area (Å²) in [7, 11) is 0. The molecule has 0 aromatic heterocycles. The Labute approximate surface area is 112 Å². The Morgan fingerprint density at radius 1 is 0.944 bits per heavy atom. The van der Waals surface area contributed by atoms with Crippen LogP contribution in [0.15, 0.2) is 30.3 Å². The van der Waals surface area contributed by atoms with E-state index in [9.17, 15) is 0 Å². The summed E-state index contributed by atoms with van der Waals surface area (Å²) in [6.45, 7) is 10.1. The van der Waals surface area contributed by atoms with E-state index in [0.717, 1.165) is 5.92 Å². The van der Waals surface area contributed by atoms with Crippen molar-refractivity contribution in [2.24, 2.45) is 5.92 Å². The molecule has 100 valence electrons. The van der Waals surface area contributed by atoms with Crippen molar-refractivity contribution in [1.82, 2.24) is 0 Å². The Kier molecular flexibility index (Phi) is 4.82. The molecule has 0 unspecified atom stereocenters. The van der Waals surface area contributed by atoms with E-state index < -0.39 is 0 Å². The molecule has 1 saturated heterocycles. The normalized spacial score (nSPS) is 19.7. The molecule has 1 heterocycles. The van der Waals surface area contributed by atoms with E-state index in [-0.39, 0.29) is 0 Å². The van der Waals surface area contributed by atoms with E-state index in [4.69, 9.17) is 0 Å². The molecule has 0 spiro atoms. The molecule has 0 saturated carbocycles. The number of nitrogens with zero attached hydrogens (tertiary/aromatic N) is 1. The summed E-state index contributed by atoms with van der Waals surface area (Å²) < 4.78 is 1.32. The molecule has 1 heteroatoms. The average molecular weight is 246 g/mol. The first-order valence-electron chi connectivity index (χ1n) is 7.59. The molecule has 1 aromatic carbocycles. The summed E-state index contributed by atoms with van der Waals surface area (Å²) in [5.41, 5.74) is 1.51. The lowest BCUT2D eigenvalue weighted by Gasteiger charge is -2.39. The smallest absolute Gasteiger partial charge is 0.104 e. The highest BCUT2D eigenvalue weighted by Crippen LogP contribution is 2.24. The van der Waals surface area contributed by atoms with Gasteiger partial charge in [0.1, 0.15) is 6.54 Å². The van der Waals surface area contributed by atoms with Gasteiger partial charge in [0.25, 0.3) is 0 Å². The van der Waals surface area contributed by atoms with Gasteiger partial charge in [0.15, 0.2) is 0 Å². The summed E-state index contributed by atoms with van der Waals surface area (Å²) in [6.07, 6.45) is 5.71. The minimum Gasteiger partial charge on any atom is -0.320 e. The molecule has 1 fully saturated rings. The van der Waals surface area contributed by atoms with E-state index in [0.29, 0.717) is 0 Å². The summed E-state index contributed by atoms with van der Waals surface area (Å²) in [5.74, 6) is 0.798. The Bertz CT molecular complexity index is 334. The van der Waals surface area contributed by atoms with E-state index >= 15 is 0 Å². The van der Waals surface area contributed by atoms with Crippen LogP contribution in [0.4, 0.5) is 0 Å². The van der Waals surface area contributed by atoms with Gasteiger partial charge >= 0.3 is 0 Å². The summed E-state index contributed by atoms with van der Waals surface area (Å²) >= 11 is 0. The van der Waals surface area contributed by atoms with Gasteiger partial charge in [0.05, 0.1) is 19.6 Å². The monoisotopic (exact) mass is 246 g/mol. The van der Waals surface area contributed by atoms with Gasteiger partial charge in [-0.25, -0.2) is 0 Å². The SMILES string of the molecule is CC(C)C[N+]1(Cc2ccccc2)CCCCCC1. The number of rotatable bonds is 4. The van der Waals surface area contributed by atoms with Gasteiger partial charge in [0.2, 0.25) is 0 Å². The van der Waals surface area contributed by atoms with Crippen LogP contribution in [0.5, 0.6) is 0 Å². The van der Waals surface area contributed by atoms with Crippen molar-refractivity contribution in [3.8, 4) is 0 Å². The van der Waals surface area contributed by atoms with Crippen LogP contribution in [0.3, 0.4) is 0 Å². The van der Waals surface area contributed by atoms with Crippen LogP contribution in [0.25, 0.3) is 0 Å². The van der Waals surface area contributed by atoms with Crippen LogP contribution in [0, 0.1) is 5.92 Å². The number of quaternary nitrogens is 1. The molecule has 0 N–H and O–H groups in total. The Balaban J connectivity index is 2.13. The van der Waals surface area contributed by atoms with Gasteiger partial charge in [-0.2, -0.15) is 0 Å². The minimum atomic E-state index is 0.798. The average Bonchev–Trinajstić information content (AvgIpc) is 2.55. The van der Waals surface area contributed by atoms with Crippen molar-refractivity contribution < 1.29 is 4.48 Å². The highest BCUT2D eigenvalue weighted by atomic mass is 15.3. The van der Waals surface area contributed by atoms with E-state index in [1.165, 1.54) is 61.9 Å². The fourth-order valence-corrected chi connectivity index (χ4v) is 3.51. The second-order valence-electron chi connectivity index (χ2n) is 6.42. The van der Waals surface area contributed by atoms with Crippen LogP contribution in [-0.2, 0) is 6.54 Å². The predicted molar refractivity (Wildman–Crippen MR) is 78.3 cm³/mol. The van der Waals surface area contributed by atoms with Gasteiger partial charge in [-0.15, -0.1) is 0 Å². The molecule has 0 atom stereocenters. The minimum absolute atomic E-state index is 0.798. The van der Waals surface area contributed by atoms with Gasteiger partial charge < -0.3 is 4.48 Å². The van der Waals surface area contributed by atoms with Crippen molar-refractivity contribution in [3.05, 3.63) is 35.9 Å². The predicted octanol–water partition coefficient (Wildman–Crippen LogP) is 4.23. The zero-order valence-corrected chi connectivity index (χ0v) is 12.1. The van der Waals surface area contributed by atoms with E-state index in [2.05, 4.69) is 44.2 Å². The maximum absolute atomic E-state index is 2.37. The standard InChI is InChI=1S/C17H28N/c1-16(2)14-18(12-8-3-4-9-13-18)15-17-10-6-5-7-11-17/h5-7,10-11,16H,3-4,8-9,12-15H2,1-2H3/q+1. The van der Waals surface area contributed by atoms with Crippen molar-refractivity contribution >= 4 is 0 Å². The van der Waals surface area contributed by atoms with Crippen molar-refractivity contribution in [2.75, 3.05) is 19.6 Å². The lowest BCUT2D eigenvalue weighted by molar-refractivity contribution is -0.942. The second-order valence-corrected chi connectivity index (χ2v) is 6.42. The van der Waals surface area contributed by atoms with Gasteiger partial charge in [-0.3, -0.25) is 0 Å². The molecule has 1 nitrogen and oxygen atoms in total. The van der Waals surface area contributed by atoms with Crippen molar-refractivity contribution in [2.45, 2.75) is 46.1 Å². The highest BCUT2D eigenvalue weighted by Gasteiger charge is 2.29. The topological polar surface area (TPSA) is 0 Å². The number of hydrogen-bond acceptors (Lipinski definition) is 0. The molecule has 0 radical (unpaired) electrons. The zero-order chi connectivity index (χ0) is 12.8. The van der Waals surface area contributed by atoms with E-state index in [1.807, 2.05) is 0 Å². The van der Waals surface area contributed by atoms with Gasteiger partial charge in [-0.1, -0.05) is 44.2 Å². The molecule has 1 aliphatic heterocycles. The number of benzene rings is 1.